The summed E-state index contributed by atoms with van der Waals surface area (Å²) in [6, 6.07) is -0.870. The topological polar surface area (TPSA) is 149 Å². The molecule has 1 heterocycles. The summed E-state index contributed by atoms with van der Waals surface area (Å²) >= 11 is 0. The Kier molecular flexibility index (Phi) is 36.4. The zero-order valence-electron chi connectivity index (χ0n) is 37.0. The van der Waals surface area contributed by atoms with Crippen molar-refractivity contribution < 1.29 is 39.8 Å². The number of aliphatic hydroxyl groups excluding tert-OH is 5. The number of carbonyl (C=O) groups is 1. The van der Waals surface area contributed by atoms with E-state index in [1.54, 1.807) is 6.08 Å². The molecule has 1 saturated heterocycles. The van der Waals surface area contributed by atoms with Crippen molar-refractivity contribution in [1.82, 2.24) is 5.32 Å². The number of aliphatic hydroxyl groups is 5. The van der Waals surface area contributed by atoms with Crippen LogP contribution in [0.4, 0.5) is 0 Å². The lowest BCUT2D eigenvalue weighted by Crippen LogP contribution is -2.60. The molecule has 9 heteroatoms. The molecular weight excluding hydrogens is 743 g/mol. The molecule has 1 rings (SSSR count). The van der Waals surface area contributed by atoms with Gasteiger partial charge in [0.05, 0.1) is 25.4 Å². The van der Waals surface area contributed by atoms with Gasteiger partial charge >= 0.3 is 0 Å². The van der Waals surface area contributed by atoms with E-state index in [0.717, 1.165) is 51.4 Å². The van der Waals surface area contributed by atoms with Crippen LogP contribution in [0.25, 0.3) is 0 Å². The van der Waals surface area contributed by atoms with E-state index in [1.165, 1.54) is 83.5 Å². The quantitative estimate of drug-likeness (QED) is 0.0268. The maximum atomic E-state index is 12.9. The lowest BCUT2D eigenvalue weighted by atomic mass is 9.99. The van der Waals surface area contributed by atoms with Crippen LogP contribution in [0.3, 0.4) is 0 Å². The van der Waals surface area contributed by atoms with Crippen molar-refractivity contribution in [2.75, 3.05) is 13.2 Å². The second-order valence-electron chi connectivity index (χ2n) is 15.8. The van der Waals surface area contributed by atoms with E-state index < -0.39 is 49.5 Å². The number of amides is 1. The smallest absolute Gasteiger partial charge is 0.220 e. The van der Waals surface area contributed by atoms with E-state index in [4.69, 9.17) is 9.47 Å². The largest absolute Gasteiger partial charge is 0.394 e. The molecule has 7 atom stereocenters. The number of allylic oxidation sites excluding steroid dienone is 13. The molecule has 6 N–H and O–H groups in total. The molecule has 9 nitrogen and oxygen atoms in total. The number of carbonyl (C=O) groups excluding carboxylic acids is 1. The first-order valence-electron chi connectivity index (χ1n) is 23.3. The van der Waals surface area contributed by atoms with Crippen molar-refractivity contribution in [3.05, 3.63) is 85.1 Å². The Morgan fingerprint density at radius 3 is 1.61 bits per heavy atom. The molecule has 338 valence electrons. The van der Waals surface area contributed by atoms with E-state index in [0.29, 0.717) is 12.8 Å². The second-order valence-corrected chi connectivity index (χ2v) is 15.8. The lowest BCUT2D eigenvalue weighted by molar-refractivity contribution is -0.302. The van der Waals surface area contributed by atoms with Crippen molar-refractivity contribution in [1.29, 1.82) is 0 Å². The first-order chi connectivity index (χ1) is 28.8. The van der Waals surface area contributed by atoms with Gasteiger partial charge in [0, 0.05) is 6.42 Å². The van der Waals surface area contributed by atoms with Crippen LogP contribution in [0.2, 0.25) is 0 Å². The number of nitrogens with one attached hydrogen (secondary N) is 1. The Morgan fingerprint density at radius 2 is 1.07 bits per heavy atom. The summed E-state index contributed by atoms with van der Waals surface area (Å²) < 4.78 is 11.2. The highest BCUT2D eigenvalue weighted by Gasteiger charge is 2.44. The number of hydrogen-bond acceptors (Lipinski definition) is 8. The Hall–Kier alpha value is -2.63. The third-order valence-corrected chi connectivity index (χ3v) is 10.4. The SMILES string of the molecule is CC/C=C\C/C=C\C/C=C\C/C=C\CCC(=O)NC(COC1OC(CO)C(O)C(O)C1O)C(O)/C=C/CC/C=C/CC/C=C/CCCCCCCCCCCCCCC. The normalized spacial score (nSPS) is 21.5. The number of unbranched alkanes of at least 4 members (excludes halogenated alkanes) is 15. The van der Waals surface area contributed by atoms with Gasteiger partial charge in [-0.25, -0.2) is 0 Å². The summed E-state index contributed by atoms with van der Waals surface area (Å²) in [7, 11) is 0. The Morgan fingerprint density at radius 1 is 0.593 bits per heavy atom. The minimum absolute atomic E-state index is 0.209. The molecule has 0 bridgehead atoms. The molecule has 0 aromatic carbocycles. The molecule has 1 aliphatic rings. The van der Waals surface area contributed by atoms with E-state index in [1.807, 2.05) is 18.2 Å². The first-order valence-corrected chi connectivity index (χ1v) is 23.3. The van der Waals surface area contributed by atoms with Gasteiger partial charge in [-0.05, 0) is 70.6 Å². The van der Waals surface area contributed by atoms with Gasteiger partial charge in [-0.1, -0.05) is 176 Å². The molecule has 0 saturated carbocycles. The summed E-state index contributed by atoms with van der Waals surface area (Å²) in [4.78, 5) is 12.9. The highest BCUT2D eigenvalue weighted by atomic mass is 16.7. The summed E-state index contributed by atoms with van der Waals surface area (Å²) in [5.41, 5.74) is 0. The highest BCUT2D eigenvalue weighted by Crippen LogP contribution is 2.22. The minimum Gasteiger partial charge on any atom is -0.394 e. The fourth-order valence-electron chi connectivity index (χ4n) is 6.73. The fraction of sp³-hybridized carbons (Fsp3) is 0.700. The molecule has 59 heavy (non-hydrogen) atoms. The second kappa shape index (κ2) is 39.5. The predicted molar refractivity (Wildman–Crippen MR) is 244 cm³/mol. The summed E-state index contributed by atoms with van der Waals surface area (Å²) in [6.07, 6.45) is 48.0. The molecule has 0 aromatic rings. The molecule has 1 fully saturated rings. The molecule has 0 radical (unpaired) electrons. The van der Waals surface area contributed by atoms with Crippen LogP contribution in [-0.4, -0.2) is 87.5 Å². The van der Waals surface area contributed by atoms with Crippen molar-refractivity contribution >= 4 is 5.91 Å². The van der Waals surface area contributed by atoms with Gasteiger partial charge in [0.15, 0.2) is 6.29 Å². The predicted octanol–water partition coefficient (Wildman–Crippen LogP) is 9.94. The van der Waals surface area contributed by atoms with Gasteiger partial charge in [0.1, 0.15) is 24.4 Å². The average Bonchev–Trinajstić information content (AvgIpc) is 3.23. The summed E-state index contributed by atoms with van der Waals surface area (Å²) in [6.45, 7) is 3.57. The van der Waals surface area contributed by atoms with Crippen molar-refractivity contribution in [3.8, 4) is 0 Å². The fourth-order valence-corrected chi connectivity index (χ4v) is 6.73. The Labute approximate surface area is 359 Å². The third kappa shape index (κ3) is 30.1. The van der Waals surface area contributed by atoms with E-state index in [9.17, 15) is 30.3 Å². The zero-order valence-corrected chi connectivity index (χ0v) is 37.0. The minimum atomic E-state index is -1.59. The van der Waals surface area contributed by atoms with Crippen LogP contribution < -0.4 is 5.32 Å². The van der Waals surface area contributed by atoms with Crippen molar-refractivity contribution in [2.45, 2.75) is 211 Å². The highest BCUT2D eigenvalue weighted by molar-refractivity contribution is 5.76. The van der Waals surface area contributed by atoms with Crippen LogP contribution in [-0.2, 0) is 14.3 Å². The van der Waals surface area contributed by atoms with Gasteiger partial charge in [-0.3, -0.25) is 4.79 Å². The third-order valence-electron chi connectivity index (χ3n) is 10.4. The monoisotopic (exact) mass is 828 g/mol. The van der Waals surface area contributed by atoms with Gasteiger partial charge in [0.2, 0.25) is 5.91 Å². The Bertz CT molecular complexity index is 1190. The van der Waals surface area contributed by atoms with Gasteiger partial charge in [0.25, 0.3) is 0 Å². The molecule has 0 aliphatic carbocycles. The van der Waals surface area contributed by atoms with Crippen molar-refractivity contribution in [3.63, 3.8) is 0 Å². The summed E-state index contributed by atoms with van der Waals surface area (Å²) in [5.74, 6) is -0.274. The number of hydrogen-bond donors (Lipinski definition) is 6. The number of rotatable bonds is 37. The van der Waals surface area contributed by atoms with Crippen LogP contribution in [0.1, 0.15) is 168 Å². The molecule has 1 amide bonds. The van der Waals surface area contributed by atoms with Crippen LogP contribution in [0.5, 0.6) is 0 Å². The molecule has 0 aromatic heterocycles. The van der Waals surface area contributed by atoms with Crippen LogP contribution in [0.15, 0.2) is 85.1 Å². The van der Waals surface area contributed by atoms with Crippen LogP contribution >= 0.6 is 0 Å². The maximum Gasteiger partial charge on any atom is 0.220 e. The van der Waals surface area contributed by atoms with Crippen LogP contribution in [0, 0.1) is 0 Å². The first kappa shape index (κ1) is 54.4. The molecule has 1 aliphatic heterocycles. The van der Waals surface area contributed by atoms with Gasteiger partial charge in [-0.2, -0.15) is 0 Å². The summed E-state index contributed by atoms with van der Waals surface area (Å²) in [5, 5.41) is 54.1. The molecule has 0 spiro atoms. The maximum absolute atomic E-state index is 12.9. The lowest BCUT2D eigenvalue weighted by Gasteiger charge is -2.40. The molecular formula is C50H85NO8. The van der Waals surface area contributed by atoms with E-state index in [2.05, 4.69) is 79.9 Å². The van der Waals surface area contributed by atoms with Gasteiger partial charge in [-0.15, -0.1) is 0 Å². The Balaban J connectivity index is 2.41. The van der Waals surface area contributed by atoms with E-state index in [-0.39, 0.29) is 18.9 Å². The number of ether oxygens (including phenoxy) is 2. The molecule has 7 unspecified atom stereocenters. The average molecular weight is 828 g/mol. The van der Waals surface area contributed by atoms with Gasteiger partial charge < -0.3 is 40.3 Å². The standard InChI is InChI=1S/C50H85NO8/c1-3-5-7-9-11-13-15-17-18-19-20-21-22-23-24-25-26-28-29-31-33-35-37-39-44(53)43(42-58-50-49(57)48(56)47(55)45(41-52)59-50)51-46(54)40-38-36-34-32-30-27-16-14-12-10-8-6-4-2/h6,8,12,14,24-25,27,29-31,34,36-37,39,43-45,47-50,52-53,55-57H,3-5,7,9-11,13,15-23,26,28,32-33,35,38,40-42H2,1-2H3,(H,51,54)/b8-6-,14-12-,25-24+,30-27-,31-29+,36-34-,39-37+. The van der Waals surface area contributed by atoms with E-state index >= 15 is 0 Å². The van der Waals surface area contributed by atoms with Crippen molar-refractivity contribution in [2.24, 2.45) is 0 Å². The zero-order chi connectivity index (χ0) is 43.0.